The van der Waals surface area contributed by atoms with Gasteiger partial charge in [0, 0.05) is 22.6 Å². The first-order chi connectivity index (χ1) is 15.7. The van der Waals surface area contributed by atoms with Gasteiger partial charge in [-0.15, -0.1) is 23.2 Å². The van der Waals surface area contributed by atoms with E-state index in [1.54, 1.807) is 0 Å². The van der Waals surface area contributed by atoms with Crippen LogP contribution in [0.1, 0.15) is 51.4 Å². The van der Waals surface area contributed by atoms with Crippen molar-refractivity contribution in [2.24, 2.45) is 11.8 Å². The number of halogens is 14. The zero-order valence-corrected chi connectivity index (χ0v) is 19.2. The monoisotopic (exact) mass is 574 g/mol. The fourth-order valence-corrected chi connectivity index (χ4v) is 7.35. The Morgan fingerprint density at radius 3 is 1.00 bits per heavy atom. The van der Waals surface area contributed by atoms with Crippen molar-refractivity contribution in [2.75, 3.05) is 0 Å². The van der Waals surface area contributed by atoms with Gasteiger partial charge in [0.2, 0.25) is 0 Å². The normalized spacial score (nSPS) is 46.8. The predicted molar refractivity (Wildman–Crippen MR) is 99.4 cm³/mol. The van der Waals surface area contributed by atoms with Gasteiger partial charge < -0.3 is 4.74 Å². The lowest BCUT2D eigenvalue weighted by Gasteiger charge is -2.51. The number of hydrogen-bond acceptors (Lipinski definition) is 1. The summed E-state index contributed by atoms with van der Waals surface area (Å²) in [6, 6.07) is 0. The number of alkyl halides is 14. The second kappa shape index (κ2) is 7.64. The third-order valence-corrected chi connectivity index (χ3v) is 9.21. The molecule has 0 heterocycles. The molecule has 204 valence electrons. The molecule has 4 fully saturated rings. The topological polar surface area (TPSA) is 9.23 Å². The molecule has 4 saturated carbocycles. The molecule has 0 N–H and O–H groups in total. The molecule has 0 bridgehead atoms. The minimum atomic E-state index is -6.17. The highest BCUT2D eigenvalue weighted by Crippen LogP contribution is 2.72. The van der Waals surface area contributed by atoms with Gasteiger partial charge in [-0.3, -0.25) is 0 Å². The molecule has 6 atom stereocenters. The van der Waals surface area contributed by atoms with Crippen LogP contribution in [0.15, 0.2) is 0 Å². The quantitative estimate of drug-likeness (QED) is 0.245. The van der Waals surface area contributed by atoms with E-state index in [0.717, 1.165) is 0 Å². The Morgan fingerprint density at radius 1 is 0.486 bits per heavy atom. The van der Waals surface area contributed by atoms with Gasteiger partial charge in [-0.25, -0.2) is 0 Å². The van der Waals surface area contributed by atoms with Crippen molar-refractivity contribution in [3.8, 4) is 0 Å². The molecule has 0 aromatic carbocycles. The fourth-order valence-electron chi connectivity index (χ4n) is 6.38. The average Bonchev–Trinajstić information content (AvgIpc) is 3.37. The lowest BCUT2D eigenvalue weighted by Crippen LogP contribution is -2.68. The van der Waals surface area contributed by atoms with Crippen molar-refractivity contribution in [3.63, 3.8) is 0 Å². The first kappa shape index (κ1) is 27.7. The molecule has 15 heteroatoms. The van der Waals surface area contributed by atoms with Crippen molar-refractivity contribution in [1.29, 1.82) is 0 Å². The summed E-state index contributed by atoms with van der Waals surface area (Å²) >= 11 is 11.9. The Labute approximate surface area is 201 Å². The Bertz CT molecular complexity index is 799. The van der Waals surface area contributed by atoms with Crippen LogP contribution in [0.5, 0.6) is 0 Å². The van der Waals surface area contributed by atoms with Gasteiger partial charge in [0.1, 0.15) is 11.2 Å². The van der Waals surface area contributed by atoms with E-state index in [1.807, 2.05) is 0 Å². The van der Waals surface area contributed by atoms with Gasteiger partial charge in [-0.2, -0.15) is 52.7 Å². The fraction of sp³-hybridized carbons (Fsp3) is 1.00. The van der Waals surface area contributed by atoms with Crippen LogP contribution in [-0.2, 0) is 4.74 Å². The Hall–Kier alpha value is -0.300. The first-order valence-electron chi connectivity index (χ1n) is 10.9. The molecule has 4 aliphatic carbocycles. The van der Waals surface area contributed by atoms with Crippen LogP contribution in [0.3, 0.4) is 0 Å². The summed E-state index contributed by atoms with van der Waals surface area (Å²) in [5, 5.41) is -3.15. The van der Waals surface area contributed by atoms with E-state index in [4.69, 9.17) is 27.9 Å². The predicted octanol–water partition coefficient (Wildman–Crippen LogP) is 7.91. The van der Waals surface area contributed by atoms with Gasteiger partial charge in [0.25, 0.3) is 0 Å². The lowest BCUT2D eigenvalue weighted by atomic mass is 9.76. The molecular weight excluding hydrogens is 555 g/mol. The summed E-state index contributed by atoms with van der Waals surface area (Å²) in [4.78, 5) is 0. The molecule has 0 amide bonds. The van der Waals surface area contributed by atoms with Crippen molar-refractivity contribution in [1.82, 2.24) is 0 Å². The molecule has 4 rings (SSSR count). The molecule has 0 aromatic rings. The highest BCUT2D eigenvalue weighted by atomic mass is 35.5. The lowest BCUT2D eigenvalue weighted by molar-refractivity contribution is -0.368. The molecule has 0 aliphatic heterocycles. The van der Waals surface area contributed by atoms with Crippen LogP contribution in [-0.4, -0.2) is 57.5 Å². The van der Waals surface area contributed by atoms with E-state index in [1.165, 1.54) is 0 Å². The summed E-state index contributed by atoms with van der Waals surface area (Å²) in [7, 11) is 0. The second-order valence-corrected chi connectivity index (χ2v) is 11.2. The smallest absolute Gasteiger partial charge is 0.354 e. The van der Waals surface area contributed by atoms with Crippen molar-refractivity contribution in [2.45, 2.75) is 109 Å². The van der Waals surface area contributed by atoms with Crippen molar-refractivity contribution < 1.29 is 57.4 Å². The molecular formula is C20H20Cl2F12O. The highest BCUT2D eigenvalue weighted by molar-refractivity contribution is 6.21. The van der Waals surface area contributed by atoms with Gasteiger partial charge >= 0.3 is 35.5 Å². The largest absolute Gasteiger partial charge is 0.375 e. The van der Waals surface area contributed by atoms with Crippen LogP contribution < -0.4 is 0 Å². The molecule has 35 heavy (non-hydrogen) atoms. The van der Waals surface area contributed by atoms with Crippen LogP contribution in [0.2, 0.25) is 0 Å². The number of ether oxygens (including phenoxy) is 1. The minimum absolute atomic E-state index is 0.0889. The van der Waals surface area contributed by atoms with E-state index < -0.39 is 95.0 Å². The van der Waals surface area contributed by atoms with E-state index >= 15 is 17.6 Å². The summed E-state index contributed by atoms with van der Waals surface area (Å²) in [6.07, 6.45) is -6.89. The Kier molecular flexibility index (Phi) is 6.05. The van der Waals surface area contributed by atoms with Gasteiger partial charge in [-0.05, 0) is 25.7 Å². The third kappa shape index (κ3) is 3.15. The summed E-state index contributed by atoms with van der Waals surface area (Å²) in [5.41, 5.74) is -8.50. The van der Waals surface area contributed by atoms with Crippen LogP contribution in [0.4, 0.5) is 52.7 Å². The highest BCUT2D eigenvalue weighted by Gasteiger charge is 2.94. The molecule has 0 aromatic heterocycles. The van der Waals surface area contributed by atoms with Crippen LogP contribution in [0, 0.1) is 11.8 Å². The third-order valence-electron chi connectivity index (χ3n) is 8.17. The second-order valence-electron chi connectivity index (χ2n) is 10.0. The minimum Gasteiger partial charge on any atom is -0.354 e. The zero-order chi connectivity index (χ0) is 26.7. The van der Waals surface area contributed by atoms with E-state index in [9.17, 15) is 35.1 Å². The van der Waals surface area contributed by atoms with Crippen LogP contribution in [0.25, 0.3) is 0 Å². The van der Waals surface area contributed by atoms with Crippen LogP contribution >= 0.6 is 23.2 Å². The van der Waals surface area contributed by atoms with E-state index in [0.29, 0.717) is 0 Å². The van der Waals surface area contributed by atoms with E-state index in [-0.39, 0.29) is 25.7 Å². The van der Waals surface area contributed by atoms with Gasteiger partial charge in [0.05, 0.1) is 12.8 Å². The van der Waals surface area contributed by atoms with Crippen molar-refractivity contribution in [3.05, 3.63) is 0 Å². The maximum atomic E-state index is 15.3. The Morgan fingerprint density at radius 2 is 0.800 bits per heavy atom. The maximum absolute atomic E-state index is 15.3. The summed E-state index contributed by atoms with van der Waals surface area (Å²) in [5.74, 6) is -39.6. The first-order valence-corrected chi connectivity index (χ1v) is 11.8. The number of rotatable bonds is 4. The maximum Gasteiger partial charge on any atom is 0.375 e. The van der Waals surface area contributed by atoms with E-state index in [2.05, 4.69) is 0 Å². The SMILES string of the molecule is FC1(F)CC(OC2(C3CCCC3Cl)CC(F)(F)C(F)(F)C2(F)F)(C2CCCC2Cl)C(F)(F)C1(F)F. The Balaban J connectivity index is 1.99. The number of hydrogen-bond donors (Lipinski definition) is 0. The summed E-state index contributed by atoms with van der Waals surface area (Å²) in [6.45, 7) is 0. The standard InChI is InChI=1S/C20H20Cl2F12O/c21-11-5-1-3-9(11)13(7-15(23,24)19(31,32)17(13,27)28)35-14(10-4-2-6-12(10)22)8-16(25,26)20(33,34)18(14,29)30/h9-12H,1-8H2. The van der Waals surface area contributed by atoms with Gasteiger partial charge in [-0.1, -0.05) is 12.8 Å². The molecule has 6 unspecified atom stereocenters. The average molecular weight is 575 g/mol. The molecule has 0 radical (unpaired) electrons. The molecule has 4 aliphatic rings. The van der Waals surface area contributed by atoms with Gasteiger partial charge in [0.15, 0.2) is 0 Å². The zero-order valence-electron chi connectivity index (χ0n) is 17.7. The molecule has 0 spiro atoms. The molecule has 1 nitrogen and oxygen atoms in total. The molecule has 0 saturated heterocycles. The summed E-state index contributed by atoms with van der Waals surface area (Å²) < 4.78 is 181. The van der Waals surface area contributed by atoms with Crippen molar-refractivity contribution >= 4 is 23.2 Å².